The number of nitrogens with one attached hydrogen (secondary N) is 1. The van der Waals surface area contributed by atoms with Gasteiger partial charge in [-0.25, -0.2) is 0 Å². The number of nitrogens with zero attached hydrogens (tertiary/aromatic N) is 1. The van der Waals surface area contributed by atoms with Gasteiger partial charge in [-0.1, -0.05) is 32.9 Å². The van der Waals surface area contributed by atoms with Gasteiger partial charge in [-0.2, -0.15) is 0 Å². The molecule has 0 fully saturated rings. The standard InChI is InChI=1S/C25H24N2O3/c1-25(2,3)17-12-16-13-20(15-7-9-18(28)10-8-15)24(30)27(4)22(16)21(14-17)19-6-5-11-26-23(19)29/h5-14,28H,1-4H3,(H,26,29). The summed E-state index contributed by atoms with van der Waals surface area (Å²) in [6.45, 7) is 6.36. The quantitative estimate of drug-likeness (QED) is 0.518. The molecule has 30 heavy (non-hydrogen) atoms. The van der Waals surface area contributed by atoms with E-state index >= 15 is 0 Å². The highest BCUT2D eigenvalue weighted by molar-refractivity contribution is 5.96. The van der Waals surface area contributed by atoms with Gasteiger partial charge in [-0.3, -0.25) is 9.59 Å². The van der Waals surface area contributed by atoms with Crippen LogP contribution in [-0.2, 0) is 12.5 Å². The molecule has 0 aliphatic rings. The van der Waals surface area contributed by atoms with Crippen LogP contribution in [0.15, 0.2) is 70.4 Å². The number of aryl methyl sites for hydroxylation is 1. The van der Waals surface area contributed by atoms with E-state index < -0.39 is 0 Å². The maximum Gasteiger partial charge on any atom is 0.258 e. The van der Waals surface area contributed by atoms with Gasteiger partial charge in [0.1, 0.15) is 5.75 Å². The van der Waals surface area contributed by atoms with Crippen LogP contribution in [-0.4, -0.2) is 14.7 Å². The normalized spacial score (nSPS) is 11.7. The average molecular weight is 400 g/mol. The highest BCUT2D eigenvalue weighted by Crippen LogP contribution is 2.34. The molecule has 0 saturated carbocycles. The Kier molecular flexibility index (Phi) is 4.61. The number of aromatic amines is 1. The fraction of sp³-hybridized carbons (Fsp3) is 0.200. The third-order valence-electron chi connectivity index (χ3n) is 5.46. The van der Waals surface area contributed by atoms with E-state index in [-0.39, 0.29) is 22.3 Å². The molecule has 152 valence electrons. The van der Waals surface area contributed by atoms with E-state index in [1.807, 2.05) is 12.1 Å². The van der Waals surface area contributed by atoms with Crippen LogP contribution in [0.2, 0.25) is 0 Å². The molecule has 0 bridgehead atoms. The summed E-state index contributed by atoms with van der Waals surface area (Å²) in [5, 5.41) is 10.5. The SMILES string of the molecule is Cn1c(=O)c(-c2ccc(O)cc2)cc2cc(C(C)(C)C)cc(-c3ccc[nH]c3=O)c21. The molecule has 0 saturated heterocycles. The number of pyridine rings is 2. The molecule has 0 unspecified atom stereocenters. The molecular formula is C25H24N2O3. The molecule has 0 aliphatic carbocycles. The van der Waals surface area contributed by atoms with E-state index in [0.717, 1.165) is 22.1 Å². The number of aromatic hydroxyl groups is 1. The number of fused-ring (bicyclic) bond motifs is 1. The Morgan fingerprint density at radius 2 is 1.60 bits per heavy atom. The van der Waals surface area contributed by atoms with Crippen molar-refractivity contribution in [2.75, 3.05) is 0 Å². The minimum atomic E-state index is -0.195. The van der Waals surface area contributed by atoms with Crippen LogP contribution in [0.3, 0.4) is 0 Å². The lowest BCUT2D eigenvalue weighted by atomic mass is 9.84. The van der Waals surface area contributed by atoms with Crippen LogP contribution in [0.4, 0.5) is 0 Å². The highest BCUT2D eigenvalue weighted by atomic mass is 16.3. The number of aromatic nitrogens is 2. The molecule has 5 heteroatoms. The van der Waals surface area contributed by atoms with Crippen molar-refractivity contribution in [1.82, 2.24) is 9.55 Å². The Labute approximate surface area is 174 Å². The highest BCUT2D eigenvalue weighted by Gasteiger charge is 2.20. The monoisotopic (exact) mass is 400 g/mol. The second-order valence-corrected chi connectivity index (χ2v) is 8.59. The van der Waals surface area contributed by atoms with Gasteiger partial charge in [-0.15, -0.1) is 0 Å². The van der Waals surface area contributed by atoms with Crippen molar-refractivity contribution in [1.29, 1.82) is 0 Å². The van der Waals surface area contributed by atoms with Crippen molar-refractivity contribution in [2.45, 2.75) is 26.2 Å². The fourth-order valence-corrected chi connectivity index (χ4v) is 3.76. The number of rotatable bonds is 2. The number of phenols is 1. The molecule has 0 atom stereocenters. The number of H-pyrrole nitrogens is 1. The lowest BCUT2D eigenvalue weighted by Crippen LogP contribution is -2.21. The van der Waals surface area contributed by atoms with E-state index in [4.69, 9.17) is 0 Å². The van der Waals surface area contributed by atoms with Crippen LogP contribution in [0.5, 0.6) is 5.75 Å². The summed E-state index contributed by atoms with van der Waals surface area (Å²) in [5.74, 6) is 0.150. The molecule has 2 N–H and O–H groups in total. The van der Waals surface area contributed by atoms with Crippen LogP contribution >= 0.6 is 0 Å². The van der Waals surface area contributed by atoms with Crippen molar-refractivity contribution < 1.29 is 5.11 Å². The molecule has 0 spiro atoms. The predicted octanol–water partition coefficient (Wildman–Crippen LogP) is 4.56. The summed E-state index contributed by atoms with van der Waals surface area (Å²) < 4.78 is 1.60. The Hall–Kier alpha value is -3.60. The maximum absolute atomic E-state index is 13.2. The van der Waals surface area contributed by atoms with Gasteiger partial charge in [0.15, 0.2) is 0 Å². The van der Waals surface area contributed by atoms with Crippen LogP contribution in [0.1, 0.15) is 26.3 Å². The van der Waals surface area contributed by atoms with Crippen molar-refractivity contribution in [3.05, 3.63) is 87.1 Å². The van der Waals surface area contributed by atoms with E-state index in [1.54, 1.807) is 54.2 Å². The average Bonchev–Trinajstić information content (AvgIpc) is 2.70. The molecule has 2 aromatic heterocycles. The van der Waals surface area contributed by atoms with E-state index in [0.29, 0.717) is 16.6 Å². The van der Waals surface area contributed by atoms with Gasteiger partial charge >= 0.3 is 0 Å². The van der Waals surface area contributed by atoms with Gasteiger partial charge in [0.2, 0.25) is 0 Å². The van der Waals surface area contributed by atoms with Crippen LogP contribution in [0, 0.1) is 0 Å². The Morgan fingerprint density at radius 1 is 0.900 bits per heavy atom. The van der Waals surface area contributed by atoms with E-state index in [2.05, 4.69) is 31.8 Å². The zero-order chi connectivity index (χ0) is 21.6. The third kappa shape index (κ3) is 3.32. The number of benzene rings is 2. The smallest absolute Gasteiger partial charge is 0.258 e. The summed E-state index contributed by atoms with van der Waals surface area (Å²) in [6, 6.07) is 16.1. The molecule has 2 heterocycles. The molecule has 4 rings (SSSR count). The second-order valence-electron chi connectivity index (χ2n) is 8.59. The molecule has 4 aromatic rings. The van der Waals surface area contributed by atoms with Gasteiger partial charge in [0.25, 0.3) is 11.1 Å². The van der Waals surface area contributed by atoms with Gasteiger partial charge in [-0.05, 0) is 64.4 Å². The largest absolute Gasteiger partial charge is 0.508 e. The van der Waals surface area contributed by atoms with Crippen molar-refractivity contribution in [3.63, 3.8) is 0 Å². The summed E-state index contributed by atoms with van der Waals surface area (Å²) in [7, 11) is 1.73. The van der Waals surface area contributed by atoms with E-state index in [9.17, 15) is 14.7 Å². The Balaban J connectivity index is 2.13. The second kappa shape index (κ2) is 7.02. The topological polar surface area (TPSA) is 75.1 Å². The summed E-state index contributed by atoms with van der Waals surface area (Å²) in [4.78, 5) is 28.5. The van der Waals surface area contributed by atoms with Crippen LogP contribution in [0.25, 0.3) is 33.2 Å². The first kappa shape index (κ1) is 19.7. The molecule has 5 nitrogen and oxygen atoms in total. The van der Waals surface area contributed by atoms with Crippen LogP contribution < -0.4 is 11.1 Å². The lowest BCUT2D eigenvalue weighted by Gasteiger charge is -2.22. The summed E-state index contributed by atoms with van der Waals surface area (Å²) in [6.07, 6.45) is 1.60. The minimum absolute atomic E-state index is 0.141. The zero-order valence-corrected chi connectivity index (χ0v) is 17.5. The number of hydrogen-bond acceptors (Lipinski definition) is 3. The molecular weight excluding hydrogens is 376 g/mol. The predicted molar refractivity (Wildman–Crippen MR) is 121 cm³/mol. The first-order chi connectivity index (χ1) is 14.2. The number of hydrogen-bond donors (Lipinski definition) is 2. The Bertz CT molecular complexity index is 1370. The third-order valence-corrected chi connectivity index (χ3v) is 5.46. The first-order valence-corrected chi connectivity index (χ1v) is 9.82. The summed E-state index contributed by atoms with van der Waals surface area (Å²) >= 11 is 0. The fourth-order valence-electron chi connectivity index (χ4n) is 3.76. The number of phenolic OH excluding ortho intramolecular Hbond substituents is 1. The maximum atomic E-state index is 13.2. The summed E-state index contributed by atoms with van der Waals surface area (Å²) in [5.41, 5.74) is 3.83. The molecule has 0 amide bonds. The lowest BCUT2D eigenvalue weighted by molar-refractivity contribution is 0.475. The van der Waals surface area contributed by atoms with E-state index in [1.165, 1.54) is 0 Å². The van der Waals surface area contributed by atoms with Gasteiger partial charge in [0, 0.05) is 29.9 Å². The molecule has 0 radical (unpaired) electrons. The first-order valence-electron chi connectivity index (χ1n) is 9.82. The van der Waals surface area contributed by atoms with Crippen molar-refractivity contribution in [3.8, 4) is 28.0 Å². The zero-order valence-electron chi connectivity index (χ0n) is 17.5. The molecule has 2 aromatic carbocycles. The Morgan fingerprint density at radius 3 is 2.23 bits per heavy atom. The van der Waals surface area contributed by atoms with Crippen molar-refractivity contribution in [2.24, 2.45) is 7.05 Å². The van der Waals surface area contributed by atoms with Gasteiger partial charge in [0.05, 0.1) is 5.52 Å². The van der Waals surface area contributed by atoms with Crippen molar-refractivity contribution >= 4 is 10.9 Å². The van der Waals surface area contributed by atoms with Gasteiger partial charge < -0.3 is 14.7 Å². The minimum Gasteiger partial charge on any atom is -0.508 e. The molecule has 0 aliphatic heterocycles.